The van der Waals surface area contributed by atoms with Crippen molar-refractivity contribution in [2.45, 2.75) is 32.2 Å². The molecule has 0 amide bonds. The van der Waals surface area contributed by atoms with Gasteiger partial charge in [0.1, 0.15) is 0 Å². The lowest BCUT2D eigenvalue weighted by Gasteiger charge is -2.26. The fraction of sp³-hybridized carbons (Fsp3) is 0.294. The minimum atomic E-state index is -0.425. The normalized spacial score (nSPS) is 14.2. The van der Waals surface area contributed by atoms with Crippen LogP contribution in [0.1, 0.15) is 37.0 Å². The van der Waals surface area contributed by atoms with Gasteiger partial charge in [0.2, 0.25) is 0 Å². The number of nitrogens with two attached hydrogens (primary N) is 1. The average Bonchev–Trinajstić information content (AvgIpc) is 2.41. The molecular formula is C17H21N. The molecule has 1 nitrogen and oxygen atoms in total. The van der Waals surface area contributed by atoms with Gasteiger partial charge in [-0.05, 0) is 30.0 Å². The number of rotatable bonds is 4. The first-order valence-corrected chi connectivity index (χ1v) is 6.58. The van der Waals surface area contributed by atoms with Gasteiger partial charge in [-0.15, -0.1) is 0 Å². The van der Waals surface area contributed by atoms with Crippen molar-refractivity contribution in [3.8, 4) is 0 Å². The van der Waals surface area contributed by atoms with Crippen LogP contribution in [0, 0.1) is 0 Å². The molecule has 0 saturated carbocycles. The van der Waals surface area contributed by atoms with Gasteiger partial charge in [-0.2, -0.15) is 0 Å². The van der Waals surface area contributed by atoms with Gasteiger partial charge in [0.05, 0.1) is 5.54 Å². The summed E-state index contributed by atoms with van der Waals surface area (Å²) in [5, 5.41) is 0. The average molecular weight is 239 g/mol. The Labute approximate surface area is 110 Å². The van der Waals surface area contributed by atoms with Crippen LogP contribution in [-0.4, -0.2) is 0 Å². The maximum atomic E-state index is 6.48. The summed E-state index contributed by atoms with van der Waals surface area (Å²) in [4.78, 5) is 0. The first-order valence-electron chi connectivity index (χ1n) is 6.58. The summed E-state index contributed by atoms with van der Waals surface area (Å²) in [7, 11) is 0. The van der Waals surface area contributed by atoms with Gasteiger partial charge in [0.15, 0.2) is 0 Å². The number of hydrogen-bond donors (Lipinski definition) is 1. The van der Waals surface area contributed by atoms with Crippen LogP contribution < -0.4 is 5.73 Å². The van der Waals surface area contributed by atoms with E-state index in [0.29, 0.717) is 0 Å². The molecule has 1 heteroatoms. The zero-order chi connectivity index (χ0) is 13.0. The van der Waals surface area contributed by atoms with E-state index in [1.165, 1.54) is 12.0 Å². The van der Waals surface area contributed by atoms with Crippen LogP contribution in [0.2, 0.25) is 0 Å². The Hall–Kier alpha value is -1.60. The molecule has 0 bridgehead atoms. The Balaban J connectivity index is 2.30. The molecule has 2 aromatic rings. The van der Waals surface area contributed by atoms with Gasteiger partial charge in [0.25, 0.3) is 0 Å². The second-order valence-corrected chi connectivity index (χ2v) is 5.02. The molecule has 18 heavy (non-hydrogen) atoms. The van der Waals surface area contributed by atoms with Crippen molar-refractivity contribution in [2.75, 3.05) is 0 Å². The summed E-state index contributed by atoms with van der Waals surface area (Å²) in [6.07, 6.45) is 2.31. The smallest absolute Gasteiger partial charge is 0.0636 e. The molecule has 0 aromatic heterocycles. The van der Waals surface area contributed by atoms with Crippen molar-refractivity contribution < 1.29 is 0 Å². The molecular weight excluding hydrogens is 218 g/mol. The Morgan fingerprint density at radius 3 is 2.00 bits per heavy atom. The van der Waals surface area contributed by atoms with Crippen LogP contribution in [0.3, 0.4) is 0 Å². The highest BCUT2D eigenvalue weighted by atomic mass is 14.7. The maximum absolute atomic E-state index is 6.48. The number of hydrogen-bond acceptors (Lipinski definition) is 1. The van der Waals surface area contributed by atoms with E-state index in [9.17, 15) is 0 Å². The molecule has 94 valence electrons. The highest BCUT2D eigenvalue weighted by Crippen LogP contribution is 2.26. The van der Waals surface area contributed by atoms with Gasteiger partial charge in [0, 0.05) is 0 Å². The molecule has 2 rings (SSSR count). The second kappa shape index (κ2) is 5.36. The minimum Gasteiger partial charge on any atom is -0.318 e. The number of benzene rings is 2. The van der Waals surface area contributed by atoms with E-state index >= 15 is 0 Å². The Bertz CT molecular complexity index is 483. The molecule has 2 N–H and O–H groups in total. The molecule has 1 unspecified atom stereocenters. The lowest BCUT2D eigenvalue weighted by atomic mass is 9.85. The van der Waals surface area contributed by atoms with Crippen LogP contribution in [0.15, 0.2) is 54.6 Å². The van der Waals surface area contributed by atoms with Crippen molar-refractivity contribution in [3.63, 3.8) is 0 Å². The van der Waals surface area contributed by atoms with Crippen molar-refractivity contribution in [2.24, 2.45) is 5.73 Å². The van der Waals surface area contributed by atoms with Crippen molar-refractivity contribution >= 4 is 0 Å². The van der Waals surface area contributed by atoms with E-state index in [4.69, 9.17) is 5.73 Å². The zero-order valence-electron chi connectivity index (χ0n) is 11.2. The Kier molecular flexibility index (Phi) is 3.83. The quantitative estimate of drug-likeness (QED) is 0.861. The first-order chi connectivity index (χ1) is 8.64. The van der Waals surface area contributed by atoms with E-state index in [1.54, 1.807) is 0 Å². The van der Waals surface area contributed by atoms with Crippen molar-refractivity contribution in [1.82, 2.24) is 0 Å². The van der Waals surface area contributed by atoms with Gasteiger partial charge in [-0.3, -0.25) is 0 Å². The fourth-order valence-electron chi connectivity index (χ4n) is 2.26. The summed E-state index contributed by atoms with van der Waals surface area (Å²) in [6.45, 7) is 4.27. The summed E-state index contributed by atoms with van der Waals surface area (Å²) in [5.41, 5.74) is 9.75. The largest absolute Gasteiger partial charge is 0.318 e. The highest BCUT2D eigenvalue weighted by molar-refractivity contribution is 5.38. The maximum Gasteiger partial charge on any atom is 0.0636 e. The third kappa shape index (κ3) is 2.62. The SMILES string of the molecule is CCCc1ccc(C(C)(N)c2ccccc2)cc1. The van der Waals surface area contributed by atoms with Crippen LogP contribution >= 0.6 is 0 Å². The molecule has 1 atom stereocenters. The lowest BCUT2D eigenvalue weighted by Crippen LogP contribution is -2.34. The van der Waals surface area contributed by atoms with E-state index in [-0.39, 0.29) is 0 Å². The van der Waals surface area contributed by atoms with Crippen LogP contribution in [-0.2, 0) is 12.0 Å². The first kappa shape index (κ1) is 12.8. The third-order valence-electron chi connectivity index (χ3n) is 3.47. The third-order valence-corrected chi connectivity index (χ3v) is 3.47. The van der Waals surface area contributed by atoms with E-state index in [0.717, 1.165) is 17.5 Å². The van der Waals surface area contributed by atoms with Crippen LogP contribution in [0.5, 0.6) is 0 Å². The number of aryl methyl sites for hydroxylation is 1. The summed E-state index contributed by atoms with van der Waals surface area (Å²) in [6, 6.07) is 18.9. The molecule has 0 aliphatic rings. The van der Waals surface area contributed by atoms with Crippen molar-refractivity contribution in [3.05, 3.63) is 71.3 Å². The van der Waals surface area contributed by atoms with Gasteiger partial charge >= 0.3 is 0 Å². The van der Waals surface area contributed by atoms with Crippen LogP contribution in [0.25, 0.3) is 0 Å². The summed E-state index contributed by atoms with van der Waals surface area (Å²) in [5.74, 6) is 0. The van der Waals surface area contributed by atoms with Gasteiger partial charge in [-0.1, -0.05) is 67.9 Å². The lowest BCUT2D eigenvalue weighted by molar-refractivity contribution is 0.603. The predicted octanol–water partition coefficient (Wildman–Crippen LogP) is 3.86. The molecule has 0 radical (unpaired) electrons. The topological polar surface area (TPSA) is 26.0 Å². The minimum absolute atomic E-state index is 0.425. The monoisotopic (exact) mass is 239 g/mol. The highest BCUT2D eigenvalue weighted by Gasteiger charge is 2.22. The van der Waals surface area contributed by atoms with E-state index in [2.05, 4.69) is 50.2 Å². The predicted molar refractivity (Wildman–Crippen MR) is 77.5 cm³/mol. The molecule has 0 aliphatic heterocycles. The van der Waals surface area contributed by atoms with E-state index < -0.39 is 5.54 Å². The van der Waals surface area contributed by atoms with E-state index in [1.807, 2.05) is 18.2 Å². The van der Waals surface area contributed by atoms with Gasteiger partial charge < -0.3 is 5.73 Å². The Morgan fingerprint density at radius 1 is 0.889 bits per heavy atom. The molecule has 0 heterocycles. The van der Waals surface area contributed by atoms with Gasteiger partial charge in [-0.25, -0.2) is 0 Å². The second-order valence-electron chi connectivity index (χ2n) is 5.02. The summed E-state index contributed by atoms with van der Waals surface area (Å²) < 4.78 is 0. The Morgan fingerprint density at radius 2 is 1.44 bits per heavy atom. The molecule has 2 aromatic carbocycles. The summed E-state index contributed by atoms with van der Waals surface area (Å²) >= 11 is 0. The van der Waals surface area contributed by atoms with Crippen molar-refractivity contribution in [1.29, 1.82) is 0 Å². The molecule has 0 aliphatic carbocycles. The zero-order valence-corrected chi connectivity index (χ0v) is 11.2. The van der Waals surface area contributed by atoms with Crippen LogP contribution in [0.4, 0.5) is 0 Å². The molecule has 0 fully saturated rings. The molecule has 0 saturated heterocycles. The molecule has 0 spiro atoms. The standard InChI is InChI=1S/C17H21N/c1-3-7-14-10-12-16(13-11-14)17(2,18)15-8-5-4-6-9-15/h4-6,8-13H,3,7,18H2,1-2H3. The fourth-order valence-corrected chi connectivity index (χ4v) is 2.26.